The van der Waals surface area contributed by atoms with Crippen LogP contribution in [0.3, 0.4) is 0 Å². The molecule has 1 atom stereocenters. The Morgan fingerprint density at radius 1 is 1.59 bits per heavy atom. The molecule has 1 aromatic heterocycles. The molecule has 0 unspecified atom stereocenters. The highest BCUT2D eigenvalue weighted by molar-refractivity contribution is 5.76. The third-order valence-corrected chi connectivity index (χ3v) is 2.82. The topological polar surface area (TPSA) is 68.1 Å². The number of nitrogens with two attached hydrogens (primary N) is 1. The number of hydrogen-bond donors (Lipinski definition) is 2. The minimum Gasteiger partial charge on any atom is -0.467 e. The lowest BCUT2D eigenvalue weighted by molar-refractivity contribution is -0.650. The number of hydrogen-bond acceptors (Lipinski definition) is 3. The number of carbonyl (C=O) groups is 1. The molecule has 1 fully saturated rings. The van der Waals surface area contributed by atoms with Crippen LogP contribution in [-0.4, -0.2) is 31.7 Å². The lowest BCUT2D eigenvalue weighted by Crippen LogP contribution is -2.88. The molecule has 2 rings (SSSR count). The van der Waals surface area contributed by atoms with Crippen molar-refractivity contribution in [2.45, 2.75) is 25.5 Å². The Hall–Kier alpha value is -1.33. The van der Waals surface area contributed by atoms with Crippen LogP contribution in [0.1, 0.15) is 18.6 Å². The van der Waals surface area contributed by atoms with Crippen LogP contribution in [0.15, 0.2) is 22.8 Å². The fourth-order valence-corrected chi connectivity index (χ4v) is 1.90. The Morgan fingerprint density at radius 2 is 2.53 bits per heavy atom. The molecule has 0 spiro atoms. The fourth-order valence-electron chi connectivity index (χ4n) is 1.90. The molecule has 0 aliphatic carbocycles. The largest absolute Gasteiger partial charge is 0.467 e. The number of furan rings is 1. The maximum atomic E-state index is 11.5. The monoisotopic (exact) mass is 239 g/mol. The standard InChI is InChI=1S/C12H18N2O3/c15-12(14-8-11-4-2-6-17-11)9-13-7-10-3-1-5-16-10/h2,4,6,10,13H,1,3,5,7-9H2,(H,14,15)/p+1/t10-/m1/s1. The lowest BCUT2D eigenvalue weighted by atomic mass is 10.2. The van der Waals surface area contributed by atoms with E-state index in [0.717, 1.165) is 31.8 Å². The van der Waals surface area contributed by atoms with Gasteiger partial charge in [0.15, 0.2) is 6.54 Å². The zero-order valence-electron chi connectivity index (χ0n) is 9.85. The summed E-state index contributed by atoms with van der Waals surface area (Å²) in [6.07, 6.45) is 4.19. The van der Waals surface area contributed by atoms with Crippen molar-refractivity contribution in [1.82, 2.24) is 5.32 Å². The number of quaternary nitrogens is 1. The normalized spacial score (nSPS) is 19.4. The van der Waals surface area contributed by atoms with Gasteiger partial charge >= 0.3 is 0 Å². The van der Waals surface area contributed by atoms with E-state index in [2.05, 4.69) is 5.32 Å². The van der Waals surface area contributed by atoms with Gasteiger partial charge in [0.1, 0.15) is 18.4 Å². The summed E-state index contributed by atoms with van der Waals surface area (Å²) in [5, 5.41) is 4.80. The van der Waals surface area contributed by atoms with Crippen LogP contribution in [0.2, 0.25) is 0 Å². The first kappa shape index (κ1) is 12.1. The van der Waals surface area contributed by atoms with E-state index in [-0.39, 0.29) is 5.91 Å². The molecule has 94 valence electrons. The molecule has 1 aliphatic heterocycles. The van der Waals surface area contributed by atoms with E-state index >= 15 is 0 Å². The summed E-state index contributed by atoms with van der Waals surface area (Å²) in [7, 11) is 0. The van der Waals surface area contributed by atoms with Crippen molar-refractivity contribution < 1.29 is 19.3 Å². The lowest BCUT2D eigenvalue weighted by Gasteiger charge is -2.07. The zero-order chi connectivity index (χ0) is 11.9. The van der Waals surface area contributed by atoms with E-state index < -0.39 is 0 Å². The number of carbonyl (C=O) groups excluding carboxylic acids is 1. The zero-order valence-corrected chi connectivity index (χ0v) is 9.85. The van der Waals surface area contributed by atoms with E-state index in [4.69, 9.17) is 9.15 Å². The van der Waals surface area contributed by atoms with Crippen LogP contribution in [-0.2, 0) is 16.1 Å². The van der Waals surface area contributed by atoms with Gasteiger partial charge in [-0.15, -0.1) is 0 Å². The van der Waals surface area contributed by atoms with E-state index in [1.54, 1.807) is 6.26 Å². The smallest absolute Gasteiger partial charge is 0.275 e. The molecule has 0 saturated carbocycles. The highest BCUT2D eigenvalue weighted by Crippen LogP contribution is 2.09. The second-order valence-electron chi connectivity index (χ2n) is 4.22. The van der Waals surface area contributed by atoms with Crippen molar-refractivity contribution in [1.29, 1.82) is 0 Å². The van der Waals surface area contributed by atoms with Crippen molar-refractivity contribution in [3.05, 3.63) is 24.2 Å². The number of nitrogens with one attached hydrogen (secondary N) is 1. The van der Waals surface area contributed by atoms with Crippen LogP contribution in [0, 0.1) is 0 Å². The van der Waals surface area contributed by atoms with Crippen LogP contribution in [0.4, 0.5) is 0 Å². The SMILES string of the molecule is O=C(C[NH2+]C[C@H]1CCCO1)NCc1ccco1. The maximum Gasteiger partial charge on any atom is 0.275 e. The molecule has 1 aromatic rings. The van der Waals surface area contributed by atoms with Crippen molar-refractivity contribution in [2.75, 3.05) is 19.7 Å². The molecular weight excluding hydrogens is 220 g/mol. The Labute approximate surface area is 101 Å². The minimum atomic E-state index is 0.0272. The van der Waals surface area contributed by atoms with Crippen LogP contribution in [0.25, 0.3) is 0 Å². The molecule has 1 amide bonds. The number of amides is 1. The summed E-state index contributed by atoms with van der Waals surface area (Å²) in [5.41, 5.74) is 0. The molecule has 0 bridgehead atoms. The molecule has 5 heteroatoms. The average molecular weight is 239 g/mol. The molecule has 5 nitrogen and oxygen atoms in total. The first-order valence-corrected chi connectivity index (χ1v) is 6.07. The van der Waals surface area contributed by atoms with Gasteiger partial charge in [0, 0.05) is 6.61 Å². The van der Waals surface area contributed by atoms with Crippen molar-refractivity contribution >= 4 is 5.91 Å². The fraction of sp³-hybridized carbons (Fsp3) is 0.583. The van der Waals surface area contributed by atoms with Crippen LogP contribution < -0.4 is 10.6 Å². The third-order valence-electron chi connectivity index (χ3n) is 2.82. The summed E-state index contributed by atoms with van der Waals surface area (Å²) in [4.78, 5) is 11.5. The predicted octanol–water partition coefficient (Wildman–Crippen LogP) is -0.362. The number of rotatable bonds is 6. The van der Waals surface area contributed by atoms with Gasteiger partial charge in [-0.1, -0.05) is 0 Å². The molecule has 2 heterocycles. The molecule has 0 radical (unpaired) electrons. The molecule has 17 heavy (non-hydrogen) atoms. The Balaban J connectivity index is 1.54. The Morgan fingerprint density at radius 3 is 3.24 bits per heavy atom. The first-order chi connectivity index (χ1) is 8.34. The summed E-state index contributed by atoms with van der Waals surface area (Å²) in [5.74, 6) is 0.803. The predicted molar refractivity (Wildman–Crippen MR) is 61.2 cm³/mol. The Bertz CT molecular complexity index is 332. The quantitative estimate of drug-likeness (QED) is 0.712. The molecular formula is C12H19N2O3+. The summed E-state index contributed by atoms with van der Waals surface area (Å²) < 4.78 is 10.6. The molecule has 0 aromatic carbocycles. The van der Waals surface area contributed by atoms with Crippen molar-refractivity contribution in [2.24, 2.45) is 0 Å². The molecule has 1 saturated heterocycles. The second kappa shape index (κ2) is 6.42. The summed E-state index contributed by atoms with van der Waals surface area (Å²) in [6, 6.07) is 3.65. The summed E-state index contributed by atoms with van der Waals surface area (Å²) >= 11 is 0. The second-order valence-corrected chi connectivity index (χ2v) is 4.22. The Kier molecular flexibility index (Phi) is 4.58. The van der Waals surface area contributed by atoms with Crippen LogP contribution in [0.5, 0.6) is 0 Å². The number of ether oxygens (including phenoxy) is 1. The maximum absolute atomic E-state index is 11.5. The van der Waals surface area contributed by atoms with Crippen molar-refractivity contribution in [3.8, 4) is 0 Å². The van der Waals surface area contributed by atoms with E-state index in [1.165, 1.54) is 0 Å². The average Bonchev–Trinajstić information content (AvgIpc) is 2.99. The van der Waals surface area contributed by atoms with Gasteiger partial charge in [-0.3, -0.25) is 4.79 Å². The third kappa shape index (κ3) is 4.20. The van der Waals surface area contributed by atoms with Gasteiger partial charge in [0.25, 0.3) is 5.91 Å². The van der Waals surface area contributed by atoms with Crippen LogP contribution >= 0.6 is 0 Å². The van der Waals surface area contributed by atoms with Gasteiger partial charge in [-0.25, -0.2) is 0 Å². The summed E-state index contributed by atoms with van der Waals surface area (Å²) in [6.45, 7) is 2.64. The van der Waals surface area contributed by atoms with E-state index in [0.29, 0.717) is 19.2 Å². The van der Waals surface area contributed by atoms with E-state index in [1.807, 2.05) is 17.4 Å². The molecule has 1 aliphatic rings. The first-order valence-electron chi connectivity index (χ1n) is 6.07. The van der Waals surface area contributed by atoms with Gasteiger partial charge in [0.2, 0.25) is 0 Å². The highest BCUT2D eigenvalue weighted by Gasteiger charge is 2.17. The van der Waals surface area contributed by atoms with Gasteiger partial charge in [0.05, 0.1) is 12.8 Å². The van der Waals surface area contributed by atoms with Gasteiger partial charge in [-0.05, 0) is 25.0 Å². The van der Waals surface area contributed by atoms with Gasteiger partial charge < -0.3 is 19.8 Å². The highest BCUT2D eigenvalue weighted by atomic mass is 16.5. The minimum absolute atomic E-state index is 0.0272. The van der Waals surface area contributed by atoms with Gasteiger partial charge in [-0.2, -0.15) is 0 Å². The van der Waals surface area contributed by atoms with E-state index in [9.17, 15) is 4.79 Å². The van der Waals surface area contributed by atoms with Crippen molar-refractivity contribution in [3.63, 3.8) is 0 Å². The molecule has 3 N–H and O–H groups in total.